The van der Waals surface area contributed by atoms with E-state index >= 15 is 0 Å². The average molecular weight is 282 g/mol. The lowest BCUT2D eigenvalue weighted by molar-refractivity contribution is -0.384. The Labute approximate surface area is 119 Å². The van der Waals surface area contributed by atoms with Crippen molar-refractivity contribution in [3.63, 3.8) is 0 Å². The predicted octanol–water partition coefficient (Wildman–Crippen LogP) is 2.59. The fourth-order valence-corrected chi connectivity index (χ4v) is 1.87. The van der Waals surface area contributed by atoms with Crippen molar-refractivity contribution in [1.82, 2.24) is 0 Å². The van der Waals surface area contributed by atoms with Crippen LogP contribution in [0.15, 0.2) is 18.2 Å². The number of non-ortho nitro benzene ring substituents is 1. The monoisotopic (exact) mass is 282 g/mol. The van der Waals surface area contributed by atoms with Crippen LogP contribution in [0.2, 0.25) is 0 Å². The number of rotatable bonds is 7. The molecule has 1 rings (SSSR count). The first-order valence-electron chi connectivity index (χ1n) is 6.58. The number of nitrogens with zero attached hydrogens (tertiary/aromatic N) is 2. The minimum atomic E-state index is -0.885. The van der Waals surface area contributed by atoms with Gasteiger partial charge in [0, 0.05) is 31.4 Å². The standard InChI is InChI=1S/C14H22N2O4/c1-5-6-20-13-8-11(7-12(9-13)16(18)19)15(4)10-14(2,3)17/h7-9,17H,5-6,10H2,1-4H3. The van der Waals surface area contributed by atoms with Gasteiger partial charge in [-0.3, -0.25) is 10.1 Å². The molecule has 0 spiro atoms. The van der Waals surface area contributed by atoms with Gasteiger partial charge < -0.3 is 14.7 Å². The fourth-order valence-electron chi connectivity index (χ4n) is 1.87. The van der Waals surface area contributed by atoms with Gasteiger partial charge in [0.1, 0.15) is 5.75 Å². The molecule has 0 bridgehead atoms. The molecule has 20 heavy (non-hydrogen) atoms. The van der Waals surface area contributed by atoms with Crippen LogP contribution in [-0.2, 0) is 0 Å². The van der Waals surface area contributed by atoms with Crippen molar-refractivity contribution in [2.75, 3.05) is 25.1 Å². The van der Waals surface area contributed by atoms with Gasteiger partial charge >= 0.3 is 0 Å². The van der Waals surface area contributed by atoms with Crippen LogP contribution in [0.25, 0.3) is 0 Å². The molecule has 1 aromatic rings. The van der Waals surface area contributed by atoms with Gasteiger partial charge in [0.25, 0.3) is 5.69 Å². The third kappa shape index (κ3) is 5.05. The fraction of sp³-hybridized carbons (Fsp3) is 0.571. The van der Waals surface area contributed by atoms with E-state index in [9.17, 15) is 15.2 Å². The molecule has 0 aliphatic rings. The van der Waals surface area contributed by atoms with Crippen LogP contribution in [0.4, 0.5) is 11.4 Å². The first-order chi connectivity index (χ1) is 9.23. The Morgan fingerprint density at radius 1 is 1.40 bits per heavy atom. The normalized spacial score (nSPS) is 11.2. The zero-order valence-electron chi connectivity index (χ0n) is 12.4. The van der Waals surface area contributed by atoms with Crippen LogP contribution in [0.1, 0.15) is 27.2 Å². The molecule has 0 fully saturated rings. The second-order valence-electron chi connectivity index (χ2n) is 5.46. The van der Waals surface area contributed by atoms with E-state index in [0.29, 0.717) is 24.6 Å². The molecule has 112 valence electrons. The van der Waals surface area contributed by atoms with E-state index in [4.69, 9.17) is 4.74 Å². The quantitative estimate of drug-likeness (QED) is 0.614. The molecule has 0 amide bonds. The Kier molecular flexibility index (Phi) is 5.33. The predicted molar refractivity (Wildman–Crippen MR) is 78.5 cm³/mol. The maximum atomic E-state index is 11.0. The van der Waals surface area contributed by atoms with Gasteiger partial charge in [0.2, 0.25) is 0 Å². The molecule has 0 aromatic heterocycles. The topological polar surface area (TPSA) is 75.8 Å². The van der Waals surface area contributed by atoms with Gasteiger partial charge in [-0.15, -0.1) is 0 Å². The average Bonchev–Trinajstić information content (AvgIpc) is 2.33. The van der Waals surface area contributed by atoms with Crippen LogP contribution < -0.4 is 9.64 Å². The summed E-state index contributed by atoms with van der Waals surface area (Å²) in [5.74, 6) is 0.471. The molecule has 0 aliphatic carbocycles. The number of aliphatic hydroxyl groups is 1. The van der Waals surface area contributed by atoms with Crippen LogP contribution in [0, 0.1) is 10.1 Å². The molecule has 0 atom stereocenters. The first-order valence-corrected chi connectivity index (χ1v) is 6.58. The summed E-state index contributed by atoms with van der Waals surface area (Å²) < 4.78 is 5.47. The van der Waals surface area contributed by atoms with E-state index in [2.05, 4.69) is 0 Å². The minimum absolute atomic E-state index is 0.0174. The van der Waals surface area contributed by atoms with Crippen molar-refractivity contribution < 1.29 is 14.8 Å². The van der Waals surface area contributed by atoms with E-state index in [1.54, 1.807) is 31.9 Å². The van der Waals surface area contributed by atoms with Crippen LogP contribution >= 0.6 is 0 Å². The van der Waals surface area contributed by atoms with E-state index < -0.39 is 10.5 Å². The Morgan fingerprint density at radius 2 is 2.05 bits per heavy atom. The van der Waals surface area contributed by atoms with Crippen molar-refractivity contribution in [1.29, 1.82) is 0 Å². The van der Waals surface area contributed by atoms with Crippen molar-refractivity contribution in [3.8, 4) is 5.75 Å². The molecule has 0 radical (unpaired) electrons. The molecule has 6 heteroatoms. The Bertz CT molecular complexity index is 469. The van der Waals surface area contributed by atoms with Crippen LogP contribution in [-0.4, -0.2) is 35.8 Å². The summed E-state index contributed by atoms with van der Waals surface area (Å²) in [5, 5.41) is 20.8. The molecule has 0 aliphatic heterocycles. The second-order valence-corrected chi connectivity index (χ2v) is 5.46. The zero-order valence-corrected chi connectivity index (χ0v) is 12.4. The summed E-state index contributed by atoms with van der Waals surface area (Å²) >= 11 is 0. The number of hydrogen-bond donors (Lipinski definition) is 1. The maximum Gasteiger partial charge on any atom is 0.275 e. The zero-order chi connectivity index (χ0) is 15.3. The molecule has 0 unspecified atom stereocenters. The van der Waals surface area contributed by atoms with Gasteiger partial charge in [-0.1, -0.05) is 6.92 Å². The van der Waals surface area contributed by atoms with Gasteiger partial charge in [-0.05, 0) is 20.3 Å². The highest BCUT2D eigenvalue weighted by molar-refractivity contribution is 5.57. The van der Waals surface area contributed by atoms with Crippen LogP contribution in [0.3, 0.4) is 0 Å². The molecule has 1 aromatic carbocycles. The van der Waals surface area contributed by atoms with E-state index in [0.717, 1.165) is 6.42 Å². The smallest absolute Gasteiger partial charge is 0.275 e. The third-order valence-corrected chi connectivity index (χ3v) is 2.62. The molecule has 0 saturated carbocycles. The van der Waals surface area contributed by atoms with Gasteiger partial charge in [-0.2, -0.15) is 0 Å². The van der Waals surface area contributed by atoms with Gasteiger partial charge in [-0.25, -0.2) is 0 Å². The van der Waals surface area contributed by atoms with Crippen molar-refractivity contribution in [2.45, 2.75) is 32.8 Å². The maximum absolute atomic E-state index is 11.0. The SMILES string of the molecule is CCCOc1cc(N(C)CC(C)(C)O)cc([N+](=O)[O-])c1. The summed E-state index contributed by atoms with van der Waals surface area (Å²) in [6.45, 7) is 6.22. The lowest BCUT2D eigenvalue weighted by atomic mass is 10.1. The summed E-state index contributed by atoms with van der Waals surface area (Å²) in [5.41, 5.74) is -0.257. The number of ether oxygens (including phenoxy) is 1. The first kappa shape index (κ1) is 16.2. The second kappa shape index (κ2) is 6.56. The van der Waals surface area contributed by atoms with Gasteiger partial charge in [0.05, 0.1) is 23.2 Å². The third-order valence-electron chi connectivity index (χ3n) is 2.62. The summed E-state index contributed by atoms with van der Waals surface area (Å²) in [6, 6.07) is 4.63. The largest absolute Gasteiger partial charge is 0.493 e. The highest BCUT2D eigenvalue weighted by atomic mass is 16.6. The van der Waals surface area contributed by atoms with Crippen LogP contribution in [0.5, 0.6) is 5.75 Å². The Balaban J connectivity index is 3.04. The molecular formula is C14H22N2O4. The molecule has 0 heterocycles. The van der Waals surface area contributed by atoms with E-state index in [1.165, 1.54) is 12.1 Å². The minimum Gasteiger partial charge on any atom is -0.493 e. The van der Waals surface area contributed by atoms with Gasteiger partial charge in [0.15, 0.2) is 0 Å². The van der Waals surface area contributed by atoms with Crippen molar-refractivity contribution in [2.24, 2.45) is 0 Å². The highest BCUT2D eigenvalue weighted by Gasteiger charge is 2.19. The number of nitro benzene ring substituents is 1. The highest BCUT2D eigenvalue weighted by Crippen LogP contribution is 2.28. The summed E-state index contributed by atoms with van der Waals surface area (Å²) in [6.07, 6.45) is 0.831. The molecular weight excluding hydrogens is 260 g/mol. The molecule has 6 nitrogen and oxygen atoms in total. The van der Waals surface area contributed by atoms with E-state index in [-0.39, 0.29) is 5.69 Å². The number of hydrogen-bond acceptors (Lipinski definition) is 5. The Morgan fingerprint density at radius 3 is 2.55 bits per heavy atom. The molecule has 1 N–H and O–H groups in total. The van der Waals surface area contributed by atoms with Crippen molar-refractivity contribution >= 4 is 11.4 Å². The summed E-state index contributed by atoms with van der Waals surface area (Å²) in [4.78, 5) is 12.3. The lowest BCUT2D eigenvalue weighted by Gasteiger charge is -2.27. The lowest BCUT2D eigenvalue weighted by Crippen LogP contribution is -2.36. The molecule has 0 saturated heterocycles. The number of nitro groups is 1. The summed E-state index contributed by atoms with van der Waals surface area (Å²) in [7, 11) is 1.78. The Hall–Kier alpha value is -1.82. The van der Waals surface area contributed by atoms with Crippen molar-refractivity contribution in [3.05, 3.63) is 28.3 Å². The number of likely N-dealkylation sites (N-methyl/N-ethyl adjacent to an activating group) is 1. The van der Waals surface area contributed by atoms with E-state index in [1.807, 2.05) is 6.92 Å². The number of benzene rings is 1. The number of anilines is 1.